The molecule has 0 aliphatic carbocycles. The van der Waals surface area contributed by atoms with Crippen LogP contribution in [-0.4, -0.2) is 18.0 Å². The van der Waals surface area contributed by atoms with Crippen LogP contribution in [0.4, 0.5) is 30.7 Å². The maximum absolute atomic E-state index is 12.5. The van der Waals surface area contributed by atoms with E-state index in [-0.39, 0.29) is 0 Å². The van der Waals surface area contributed by atoms with Gasteiger partial charge in [-0.2, -0.15) is 30.7 Å². The summed E-state index contributed by atoms with van der Waals surface area (Å²) in [5.74, 6) is -12.1. The summed E-state index contributed by atoms with van der Waals surface area (Å²) in [7, 11) is 0. The maximum atomic E-state index is 12.5. The number of hydrogen-bond acceptors (Lipinski definition) is 0. The van der Waals surface area contributed by atoms with Gasteiger partial charge in [0.1, 0.15) is 9.52 Å². The third kappa shape index (κ3) is 2.62. The van der Waals surface area contributed by atoms with Crippen molar-refractivity contribution < 1.29 is 30.7 Å². The molecule has 0 unspecified atom stereocenters. The third-order valence-corrected chi connectivity index (χ3v) is 2.19. The number of hydrogen-bond donors (Lipinski definition) is 0. The summed E-state index contributed by atoms with van der Waals surface area (Å²) in [6.07, 6.45) is -6.47. The average molecular weight is 299 g/mol. The van der Waals surface area contributed by atoms with E-state index in [1.807, 2.05) is 0 Å². The van der Waals surface area contributed by atoms with Gasteiger partial charge in [-0.05, 0) is 0 Å². The van der Waals surface area contributed by atoms with Crippen molar-refractivity contribution in [3.8, 4) is 0 Å². The fraction of sp³-hybridized carbons (Fsp3) is 0.600. The second-order valence-corrected chi connectivity index (χ2v) is 3.55. The molecule has 0 saturated carbocycles. The van der Waals surface area contributed by atoms with E-state index in [0.717, 1.165) is 0 Å². The Labute approximate surface area is 93.6 Å². The molecular weight excluding hydrogens is 299 g/mol. The van der Waals surface area contributed by atoms with Gasteiger partial charge in [-0.1, -0.05) is 34.8 Å². The Morgan fingerprint density at radius 3 is 1.27 bits per heavy atom. The van der Waals surface area contributed by atoms with Gasteiger partial charge in [-0.15, -0.1) is 0 Å². The van der Waals surface area contributed by atoms with Gasteiger partial charge >= 0.3 is 18.0 Å². The standard InChI is InChI=1S/C5Cl3F7/c6-1(2(7)8)3(9,10)4(11,12)5(13,14)15. The van der Waals surface area contributed by atoms with Gasteiger partial charge < -0.3 is 0 Å². The van der Waals surface area contributed by atoms with E-state index in [1.165, 1.54) is 0 Å². The Bertz CT molecular complexity index is 275. The van der Waals surface area contributed by atoms with E-state index in [0.29, 0.717) is 0 Å². The Balaban J connectivity index is 5.49. The van der Waals surface area contributed by atoms with Crippen molar-refractivity contribution in [1.82, 2.24) is 0 Å². The molecular formula is C5Cl3F7. The van der Waals surface area contributed by atoms with Crippen molar-refractivity contribution in [1.29, 1.82) is 0 Å². The van der Waals surface area contributed by atoms with Gasteiger partial charge in [0.2, 0.25) is 0 Å². The summed E-state index contributed by atoms with van der Waals surface area (Å²) in [6, 6.07) is 0. The molecule has 0 aliphatic heterocycles. The summed E-state index contributed by atoms with van der Waals surface area (Å²) in [5.41, 5.74) is 0. The van der Waals surface area contributed by atoms with Crippen LogP contribution in [0.2, 0.25) is 0 Å². The second kappa shape index (κ2) is 4.18. The molecule has 0 aromatic rings. The maximum Gasteiger partial charge on any atom is 0.460 e. The minimum atomic E-state index is -6.47. The van der Waals surface area contributed by atoms with Crippen LogP contribution in [0.3, 0.4) is 0 Å². The minimum absolute atomic E-state index is 1.56. The highest BCUT2D eigenvalue weighted by Crippen LogP contribution is 2.51. The normalized spacial score (nSPS) is 14.0. The fourth-order valence-corrected chi connectivity index (χ4v) is 0.791. The first-order valence-electron chi connectivity index (χ1n) is 2.89. The zero-order valence-corrected chi connectivity index (χ0v) is 8.55. The molecule has 0 rings (SSSR count). The summed E-state index contributed by atoms with van der Waals surface area (Å²) in [6.45, 7) is 0. The molecule has 0 bridgehead atoms. The van der Waals surface area contributed by atoms with E-state index in [9.17, 15) is 30.7 Å². The molecule has 0 heterocycles. The molecule has 15 heavy (non-hydrogen) atoms. The summed E-state index contributed by atoms with van der Waals surface area (Å²) in [5, 5.41) is -2.27. The molecule has 0 aromatic carbocycles. The van der Waals surface area contributed by atoms with Crippen LogP contribution in [0.25, 0.3) is 0 Å². The molecule has 90 valence electrons. The zero-order chi connectivity index (χ0) is 12.7. The number of alkyl halides is 7. The topological polar surface area (TPSA) is 0 Å². The van der Waals surface area contributed by atoms with Gasteiger partial charge in [-0.25, -0.2) is 0 Å². The first-order chi connectivity index (χ1) is 6.35. The smallest absolute Gasteiger partial charge is 0.193 e. The van der Waals surface area contributed by atoms with Crippen LogP contribution in [0.5, 0.6) is 0 Å². The van der Waals surface area contributed by atoms with Crippen LogP contribution in [0.15, 0.2) is 9.52 Å². The van der Waals surface area contributed by atoms with Crippen molar-refractivity contribution in [2.75, 3.05) is 0 Å². The lowest BCUT2D eigenvalue weighted by Crippen LogP contribution is -2.52. The molecule has 0 fully saturated rings. The Kier molecular flexibility index (Phi) is 4.21. The molecule has 0 N–H and O–H groups in total. The molecule has 0 spiro atoms. The highest BCUT2D eigenvalue weighted by Gasteiger charge is 2.74. The largest absolute Gasteiger partial charge is 0.460 e. The first-order valence-corrected chi connectivity index (χ1v) is 4.02. The van der Waals surface area contributed by atoms with Gasteiger partial charge in [-0.3, -0.25) is 0 Å². The molecule has 0 amide bonds. The zero-order valence-electron chi connectivity index (χ0n) is 6.28. The molecule has 0 radical (unpaired) electrons. The van der Waals surface area contributed by atoms with Gasteiger partial charge in [0, 0.05) is 0 Å². The molecule has 0 atom stereocenters. The van der Waals surface area contributed by atoms with Crippen LogP contribution < -0.4 is 0 Å². The highest BCUT2D eigenvalue weighted by molar-refractivity contribution is 6.59. The summed E-state index contributed by atoms with van der Waals surface area (Å²) >= 11 is 13.7. The van der Waals surface area contributed by atoms with E-state index < -0.39 is 27.5 Å². The predicted octanol–water partition coefficient (Wildman–Crippen LogP) is 4.70. The lowest BCUT2D eigenvalue weighted by atomic mass is 10.1. The Hall–Kier alpha value is 0.120. The Morgan fingerprint density at radius 2 is 1.07 bits per heavy atom. The molecule has 10 heteroatoms. The van der Waals surface area contributed by atoms with Crippen molar-refractivity contribution >= 4 is 34.8 Å². The van der Waals surface area contributed by atoms with Crippen molar-refractivity contribution in [2.45, 2.75) is 18.0 Å². The van der Waals surface area contributed by atoms with Crippen LogP contribution >= 0.6 is 34.8 Å². The molecule has 0 aliphatic rings. The summed E-state index contributed by atoms with van der Waals surface area (Å²) in [4.78, 5) is 0. The van der Waals surface area contributed by atoms with E-state index in [4.69, 9.17) is 0 Å². The van der Waals surface area contributed by atoms with Gasteiger partial charge in [0.25, 0.3) is 0 Å². The van der Waals surface area contributed by atoms with Crippen molar-refractivity contribution in [3.63, 3.8) is 0 Å². The van der Waals surface area contributed by atoms with Crippen molar-refractivity contribution in [3.05, 3.63) is 9.52 Å². The highest BCUT2D eigenvalue weighted by atomic mass is 35.5. The van der Waals surface area contributed by atoms with Crippen LogP contribution in [0.1, 0.15) is 0 Å². The second-order valence-electron chi connectivity index (χ2n) is 2.22. The van der Waals surface area contributed by atoms with Crippen molar-refractivity contribution in [2.24, 2.45) is 0 Å². The van der Waals surface area contributed by atoms with E-state index in [1.54, 1.807) is 0 Å². The molecule has 0 saturated heterocycles. The average Bonchev–Trinajstić information content (AvgIpc) is 2.00. The lowest BCUT2D eigenvalue weighted by Gasteiger charge is -2.27. The molecule has 0 aromatic heterocycles. The van der Waals surface area contributed by atoms with Gasteiger partial charge in [0.15, 0.2) is 0 Å². The number of rotatable bonds is 2. The van der Waals surface area contributed by atoms with E-state index in [2.05, 4.69) is 34.8 Å². The van der Waals surface area contributed by atoms with Gasteiger partial charge in [0.05, 0.1) is 0 Å². The first kappa shape index (κ1) is 15.1. The third-order valence-electron chi connectivity index (χ3n) is 1.19. The molecule has 0 nitrogen and oxygen atoms in total. The van der Waals surface area contributed by atoms with Crippen LogP contribution in [0, 0.1) is 0 Å². The SMILES string of the molecule is FC(F)(F)C(F)(F)C(F)(F)C(Cl)=C(Cl)Cl. The fourth-order valence-electron chi connectivity index (χ4n) is 0.435. The van der Waals surface area contributed by atoms with Crippen LogP contribution in [-0.2, 0) is 0 Å². The minimum Gasteiger partial charge on any atom is -0.193 e. The predicted molar refractivity (Wildman–Crippen MR) is 40.5 cm³/mol. The monoisotopic (exact) mass is 298 g/mol. The Morgan fingerprint density at radius 1 is 0.733 bits per heavy atom. The van der Waals surface area contributed by atoms with E-state index >= 15 is 0 Å². The quantitative estimate of drug-likeness (QED) is 0.648. The number of allylic oxidation sites excluding steroid dienone is 1. The summed E-state index contributed by atoms with van der Waals surface area (Å²) < 4.78 is 82.5. The number of halogens is 10. The lowest BCUT2D eigenvalue weighted by molar-refractivity contribution is -0.342.